The summed E-state index contributed by atoms with van der Waals surface area (Å²) in [4.78, 5) is 31.8. The van der Waals surface area contributed by atoms with Crippen LogP contribution >= 0.6 is 11.8 Å². The van der Waals surface area contributed by atoms with Crippen molar-refractivity contribution < 1.29 is 19.5 Å². The standard InChI is InChI=1S/C7H12N2O4S/c1-2-8-7(13)9-5(10)3-14-4-6(11)12/h2-4H2,1H3,(H,11,12)(H2,8,9,10,13). The number of rotatable bonds is 5. The second-order valence-electron chi connectivity index (χ2n) is 2.29. The number of nitrogens with one attached hydrogen (secondary N) is 2. The lowest BCUT2D eigenvalue weighted by Gasteiger charge is -2.03. The zero-order valence-corrected chi connectivity index (χ0v) is 8.52. The molecule has 0 aliphatic carbocycles. The van der Waals surface area contributed by atoms with Gasteiger partial charge in [0.1, 0.15) is 0 Å². The number of carbonyl (C=O) groups excluding carboxylic acids is 2. The summed E-state index contributed by atoms with van der Waals surface area (Å²) in [5.41, 5.74) is 0. The summed E-state index contributed by atoms with van der Waals surface area (Å²) in [6, 6.07) is -0.562. The quantitative estimate of drug-likeness (QED) is 0.588. The molecule has 0 aliphatic rings. The molecule has 3 amide bonds. The highest BCUT2D eigenvalue weighted by Gasteiger charge is 2.07. The largest absolute Gasteiger partial charge is 0.481 e. The molecule has 0 aromatic heterocycles. The van der Waals surface area contributed by atoms with E-state index in [1.54, 1.807) is 6.92 Å². The van der Waals surface area contributed by atoms with Crippen molar-refractivity contribution in [3.8, 4) is 0 Å². The van der Waals surface area contributed by atoms with Gasteiger partial charge in [-0.1, -0.05) is 0 Å². The second kappa shape index (κ2) is 7.19. The number of carboxylic acid groups (broad SMARTS) is 1. The molecule has 0 rings (SSSR count). The normalized spacial score (nSPS) is 9.21. The fourth-order valence-corrected chi connectivity index (χ4v) is 1.13. The van der Waals surface area contributed by atoms with Crippen molar-refractivity contribution in [3.05, 3.63) is 0 Å². The smallest absolute Gasteiger partial charge is 0.321 e. The molecule has 0 unspecified atom stereocenters. The van der Waals surface area contributed by atoms with E-state index in [2.05, 4.69) is 10.6 Å². The van der Waals surface area contributed by atoms with Crippen molar-refractivity contribution in [1.82, 2.24) is 10.6 Å². The van der Waals surface area contributed by atoms with Crippen molar-refractivity contribution in [2.45, 2.75) is 6.92 Å². The third-order valence-electron chi connectivity index (χ3n) is 1.05. The molecule has 0 aromatic rings. The first-order valence-corrected chi connectivity index (χ1v) is 5.09. The molecule has 6 nitrogen and oxygen atoms in total. The summed E-state index contributed by atoms with van der Waals surface area (Å²) in [5.74, 6) is -1.67. The van der Waals surface area contributed by atoms with E-state index in [9.17, 15) is 14.4 Å². The van der Waals surface area contributed by atoms with Gasteiger partial charge in [0.2, 0.25) is 5.91 Å². The lowest BCUT2D eigenvalue weighted by Crippen LogP contribution is -2.40. The van der Waals surface area contributed by atoms with E-state index in [0.717, 1.165) is 11.8 Å². The maximum Gasteiger partial charge on any atom is 0.321 e. The Hall–Kier alpha value is -1.24. The zero-order valence-electron chi connectivity index (χ0n) is 7.70. The summed E-state index contributed by atoms with van der Waals surface area (Å²) in [6.07, 6.45) is 0. The van der Waals surface area contributed by atoms with E-state index in [1.807, 2.05) is 0 Å². The number of carboxylic acids is 1. The van der Waals surface area contributed by atoms with Gasteiger partial charge in [-0.25, -0.2) is 4.79 Å². The maximum absolute atomic E-state index is 10.9. The van der Waals surface area contributed by atoms with Crippen molar-refractivity contribution in [2.75, 3.05) is 18.1 Å². The molecule has 3 N–H and O–H groups in total. The first-order chi connectivity index (χ1) is 6.56. The van der Waals surface area contributed by atoms with E-state index in [-0.39, 0.29) is 11.5 Å². The molecular formula is C7H12N2O4S. The van der Waals surface area contributed by atoms with Gasteiger partial charge in [0.25, 0.3) is 0 Å². The van der Waals surface area contributed by atoms with Crippen LogP contribution in [-0.4, -0.2) is 41.1 Å². The Kier molecular flexibility index (Phi) is 6.55. The minimum atomic E-state index is -0.985. The van der Waals surface area contributed by atoms with Gasteiger partial charge in [0, 0.05) is 6.54 Å². The Morgan fingerprint density at radius 2 is 1.93 bits per heavy atom. The van der Waals surface area contributed by atoms with Crippen LogP contribution < -0.4 is 10.6 Å². The number of hydrogen-bond acceptors (Lipinski definition) is 4. The molecule has 0 atom stereocenters. The molecule has 80 valence electrons. The zero-order chi connectivity index (χ0) is 11.0. The molecule has 0 bridgehead atoms. The minimum Gasteiger partial charge on any atom is -0.481 e. The topological polar surface area (TPSA) is 95.5 Å². The van der Waals surface area contributed by atoms with Crippen LogP contribution in [-0.2, 0) is 9.59 Å². The molecule has 0 spiro atoms. The molecular weight excluding hydrogens is 208 g/mol. The van der Waals surface area contributed by atoms with Gasteiger partial charge in [0.05, 0.1) is 11.5 Å². The molecule has 7 heteroatoms. The summed E-state index contributed by atoms with van der Waals surface area (Å²) in [7, 11) is 0. The van der Waals surface area contributed by atoms with Crippen LogP contribution in [0.3, 0.4) is 0 Å². The average Bonchev–Trinajstić information content (AvgIpc) is 2.03. The fourth-order valence-electron chi connectivity index (χ4n) is 0.599. The third-order valence-corrected chi connectivity index (χ3v) is 1.97. The molecule has 0 fully saturated rings. The van der Waals surface area contributed by atoms with Gasteiger partial charge in [-0.2, -0.15) is 0 Å². The highest BCUT2D eigenvalue weighted by Crippen LogP contribution is 1.97. The van der Waals surface area contributed by atoms with E-state index in [4.69, 9.17) is 5.11 Å². The van der Waals surface area contributed by atoms with Crippen molar-refractivity contribution >= 4 is 29.7 Å². The highest BCUT2D eigenvalue weighted by atomic mass is 32.2. The van der Waals surface area contributed by atoms with Crippen LogP contribution in [0.5, 0.6) is 0 Å². The lowest BCUT2D eigenvalue weighted by molar-refractivity contribution is -0.133. The fraction of sp³-hybridized carbons (Fsp3) is 0.571. The molecule has 0 radical (unpaired) electrons. The third kappa shape index (κ3) is 7.41. The lowest BCUT2D eigenvalue weighted by atomic mass is 10.6. The minimum absolute atomic E-state index is 0.0383. The predicted octanol–water partition coefficient (Wildman–Crippen LogP) is -0.350. The van der Waals surface area contributed by atoms with E-state index < -0.39 is 17.9 Å². The van der Waals surface area contributed by atoms with Crippen LogP contribution in [0.1, 0.15) is 6.92 Å². The molecule has 0 saturated heterocycles. The monoisotopic (exact) mass is 220 g/mol. The second-order valence-corrected chi connectivity index (χ2v) is 3.28. The first-order valence-electron chi connectivity index (χ1n) is 3.93. The van der Waals surface area contributed by atoms with Crippen molar-refractivity contribution in [1.29, 1.82) is 0 Å². The Morgan fingerprint density at radius 1 is 1.29 bits per heavy atom. The number of imide groups is 1. The van der Waals surface area contributed by atoms with Gasteiger partial charge in [0.15, 0.2) is 0 Å². The van der Waals surface area contributed by atoms with Crippen molar-refractivity contribution in [2.24, 2.45) is 0 Å². The molecule has 0 heterocycles. The van der Waals surface area contributed by atoms with Gasteiger partial charge in [-0.15, -0.1) is 11.8 Å². The number of thioether (sulfide) groups is 1. The van der Waals surface area contributed by atoms with E-state index in [0.29, 0.717) is 6.54 Å². The summed E-state index contributed by atoms with van der Waals surface area (Å²) in [5, 5.41) is 12.7. The Bertz CT molecular complexity index is 232. The number of hydrogen-bond donors (Lipinski definition) is 3. The molecule has 0 aliphatic heterocycles. The Balaban J connectivity index is 3.55. The van der Waals surface area contributed by atoms with Gasteiger partial charge in [-0.05, 0) is 6.92 Å². The summed E-state index contributed by atoms with van der Waals surface area (Å²) >= 11 is 0.938. The van der Waals surface area contributed by atoms with Gasteiger partial charge < -0.3 is 10.4 Å². The molecule has 14 heavy (non-hydrogen) atoms. The number of amides is 3. The van der Waals surface area contributed by atoms with Crippen LogP contribution in [0.4, 0.5) is 4.79 Å². The van der Waals surface area contributed by atoms with Crippen LogP contribution in [0.25, 0.3) is 0 Å². The SMILES string of the molecule is CCNC(=O)NC(=O)CSCC(=O)O. The van der Waals surface area contributed by atoms with Gasteiger partial charge in [-0.3, -0.25) is 14.9 Å². The van der Waals surface area contributed by atoms with Crippen LogP contribution in [0.15, 0.2) is 0 Å². The predicted molar refractivity (Wildman–Crippen MR) is 52.2 cm³/mol. The average molecular weight is 220 g/mol. The first kappa shape index (κ1) is 12.8. The number of urea groups is 1. The summed E-state index contributed by atoms with van der Waals surface area (Å²) in [6.45, 7) is 2.16. The van der Waals surface area contributed by atoms with E-state index >= 15 is 0 Å². The van der Waals surface area contributed by atoms with Crippen LogP contribution in [0, 0.1) is 0 Å². The Labute approximate surface area is 85.4 Å². The van der Waals surface area contributed by atoms with Crippen LogP contribution in [0.2, 0.25) is 0 Å². The Morgan fingerprint density at radius 3 is 2.43 bits per heavy atom. The summed E-state index contributed by atoms with van der Waals surface area (Å²) < 4.78 is 0. The molecule has 0 saturated carbocycles. The van der Waals surface area contributed by atoms with E-state index in [1.165, 1.54) is 0 Å². The number of carbonyl (C=O) groups is 3. The highest BCUT2D eigenvalue weighted by molar-refractivity contribution is 8.00. The maximum atomic E-state index is 10.9. The van der Waals surface area contributed by atoms with Gasteiger partial charge >= 0.3 is 12.0 Å². The van der Waals surface area contributed by atoms with Crippen molar-refractivity contribution in [3.63, 3.8) is 0 Å². The number of aliphatic carboxylic acids is 1. The molecule has 0 aromatic carbocycles.